The van der Waals surface area contributed by atoms with Crippen LogP contribution in [0, 0.1) is 5.41 Å². The molecule has 1 saturated heterocycles. The van der Waals surface area contributed by atoms with Crippen molar-refractivity contribution in [3.63, 3.8) is 0 Å². The van der Waals surface area contributed by atoms with Gasteiger partial charge in [-0.2, -0.15) is 0 Å². The fraction of sp³-hybridized carbons (Fsp3) is 0.538. The Labute approximate surface area is 102 Å². The summed E-state index contributed by atoms with van der Waals surface area (Å²) in [5.41, 5.74) is 8.07. The number of benzene rings is 1. The van der Waals surface area contributed by atoms with Crippen molar-refractivity contribution in [2.45, 2.75) is 26.7 Å². The van der Waals surface area contributed by atoms with Gasteiger partial charge in [0.2, 0.25) is 0 Å². The highest BCUT2D eigenvalue weighted by Gasteiger charge is 2.39. The number of rotatable bonds is 3. The Morgan fingerprint density at radius 1 is 1.31 bits per heavy atom. The summed E-state index contributed by atoms with van der Waals surface area (Å²) in [6.07, 6.45) is 2.51. The van der Waals surface area contributed by atoms with Crippen molar-refractivity contribution in [2.75, 3.05) is 23.7 Å². The van der Waals surface area contributed by atoms with Gasteiger partial charge in [0.25, 0.3) is 0 Å². The van der Waals surface area contributed by atoms with E-state index in [1.54, 1.807) is 0 Å². The first-order chi connectivity index (χ1) is 7.60. The Morgan fingerprint density at radius 2 is 1.94 bits per heavy atom. The van der Waals surface area contributed by atoms with Crippen molar-refractivity contribution in [3.05, 3.63) is 23.2 Å². The molecule has 1 heterocycles. The molecule has 0 saturated carbocycles. The van der Waals surface area contributed by atoms with E-state index in [9.17, 15) is 0 Å². The maximum atomic E-state index is 6.03. The molecule has 0 atom stereocenters. The molecule has 3 heteroatoms. The number of anilines is 2. The number of nitrogen functional groups attached to an aromatic ring is 1. The van der Waals surface area contributed by atoms with E-state index < -0.39 is 0 Å². The van der Waals surface area contributed by atoms with Crippen LogP contribution in [0.3, 0.4) is 0 Å². The quantitative estimate of drug-likeness (QED) is 0.816. The topological polar surface area (TPSA) is 29.3 Å². The van der Waals surface area contributed by atoms with E-state index >= 15 is 0 Å². The van der Waals surface area contributed by atoms with Crippen LogP contribution in [0.2, 0.25) is 5.02 Å². The molecule has 0 unspecified atom stereocenters. The lowest BCUT2D eigenvalue weighted by atomic mass is 9.75. The zero-order chi connectivity index (χ0) is 11.8. The monoisotopic (exact) mass is 238 g/mol. The highest BCUT2D eigenvalue weighted by Crippen LogP contribution is 2.40. The minimum Gasteiger partial charge on any atom is -0.398 e. The Hall–Kier alpha value is -0.890. The lowest BCUT2D eigenvalue weighted by Crippen LogP contribution is -2.55. The molecule has 1 fully saturated rings. The molecule has 0 radical (unpaired) electrons. The van der Waals surface area contributed by atoms with E-state index in [1.165, 1.54) is 18.5 Å². The van der Waals surface area contributed by atoms with Gasteiger partial charge in [0.15, 0.2) is 0 Å². The smallest absolute Gasteiger partial charge is 0.0656 e. The Bertz CT molecular complexity index is 378. The predicted octanol–water partition coefficient (Wildman–Crippen LogP) is 3.55. The average molecular weight is 239 g/mol. The molecule has 1 aliphatic rings. The molecule has 0 aliphatic carbocycles. The molecule has 1 aromatic rings. The van der Waals surface area contributed by atoms with Crippen molar-refractivity contribution in [2.24, 2.45) is 5.41 Å². The van der Waals surface area contributed by atoms with Crippen molar-refractivity contribution >= 4 is 23.0 Å². The van der Waals surface area contributed by atoms with Gasteiger partial charge in [-0.05, 0) is 31.0 Å². The van der Waals surface area contributed by atoms with Crippen molar-refractivity contribution < 1.29 is 0 Å². The zero-order valence-corrected chi connectivity index (χ0v) is 10.7. The zero-order valence-electron chi connectivity index (χ0n) is 9.96. The lowest BCUT2D eigenvalue weighted by Gasteiger charge is -2.51. The normalized spacial score (nSPS) is 18.3. The number of hydrogen-bond donors (Lipinski definition) is 1. The molecular weight excluding hydrogens is 220 g/mol. The van der Waals surface area contributed by atoms with E-state index in [0.29, 0.717) is 16.1 Å². The van der Waals surface area contributed by atoms with Crippen LogP contribution in [0.25, 0.3) is 0 Å². The predicted molar refractivity (Wildman–Crippen MR) is 71.1 cm³/mol. The largest absolute Gasteiger partial charge is 0.398 e. The third kappa shape index (κ3) is 1.86. The first-order valence-corrected chi connectivity index (χ1v) is 6.28. The molecule has 2 rings (SSSR count). The molecule has 0 aromatic heterocycles. The van der Waals surface area contributed by atoms with E-state index in [2.05, 4.69) is 24.8 Å². The molecule has 1 aromatic carbocycles. The van der Waals surface area contributed by atoms with Gasteiger partial charge < -0.3 is 10.6 Å². The summed E-state index contributed by atoms with van der Waals surface area (Å²) in [6, 6.07) is 5.90. The van der Waals surface area contributed by atoms with Gasteiger partial charge in [0.1, 0.15) is 0 Å². The molecule has 0 spiro atoms. The Kier molecular flexibility index (Phi) is 3.02. The lowest BCUT2D eigenvalue weighted by molar-refractivity contribution is 0.194. The molecule has 2 N–H and O–H groups in total. The van der Waals surface area contributed by atoms with E-state index in [1.807, 2.05) is 12.1 Å². The molecule has 2 nitrogen and oxygen atoms in total. The maximum Gasteiger partial charge on any atom is 0.0656 e. The molecule has 88 valence electrons. The number of nitrogens with two attached hydrogens (primary N) is 1. The van der Waals surface area contributed by atoms with E-state index in [4.69, 9.17) is 17.3 Å². The number of halogens is 1. The second-order valence-corrected chi connectivity index (χ2v) is 5.18. The van der Waals surface area contributed by atoms with Crippen LogP contribution >= 0.6 is 11.6 Å². The summed E-state index contributed by atoms with van der Waals surface area (Å²) in [5.74, 6) is 0. The number of hydrogen-bond acceptors (Lipinski definition) is 2. The summed E-state index contributed by atoms with van der Waals surface area (Å²) in [7, 11) is 0. The first kappa shape index (κ1) is 11.6. The summed E-state index contributed by atoms with van der Waals surface area (Å²) in [4.78, 5) is 2.37. The molecule has 16 heavy (non-hydrogen) atoms. The summed E-state index contributed by atoms with van der Waals surface area (Å²) < 4.78 is 0. The second-order valence-electron chi connectivity index (χ2n) is 4.77. The van der Waals surface area contributed by atoms with Crippen LogP contribution in [0.1, 0.15) is 26.7 Å². The maximum absolute atomic E-state index is 6.03. The molecular formula is C13H19ClN2. The van der Waals surface area contributed by atoms with Crippen LogP contribution in [0.4, 0.5) is 11.4 Å². The van der Waals surface area contributed by atoms with Gasteiger partial charge in [-0.1, -0.05) is 25.4 Å². The highest BCUT2D eigenvalue weighted by molar-refractivity contribution is 6.33. The van der Waals surface area contributed by atoms with Crippen molar-refractivity contribution in [1.82, 2.24) is 0 Å². The van der Waals surface area contributed by atoms with Crippen LogP contribution in [0.5, 0.6) is 0 Å². The van der Waals surface area contributed by atoms with E-state index in [0.717, 1.165) is 13.1 Å². The van der Waals surface area contributed by atoms with Crippen molar-refractivity contribution in [3.8, 4) is 0 Å². The fourth-order valence-electron chi connectivity index (χ4n) is 2.36. The minimum atomic E-state index is 0.522. The highest BCUT2D eigenvalue weighted by atomic mass is 35.5. The van der Waals surface area contributed by atoms with Gasteiger partial charge in [0, 0.05) is 24.2 Å². The van der Waals surface area contributed by atoms with Crippen LogP contribution in [-0.2, 0) is 0 Å². The van der Waals surface area contributed by atoms with Gasteiger partial charge in [-0.15, -0.1) is 0 Å². The summed E-state index contributed by atoms with van der Waals surface area (Å²) >= 11 is 6.03. The van der Waals surface area contributed by atoms with Crippen LogP contribution in [0.15, 0.2) is 18.2 Å². The minimum absolute atomic E-state index is 0.522. The summed E-state index contributed by atoms with van der Waals surface area (Å²) in [5, 5.41) is 0.656. The third-order valence-corrected chi connectivity index (χ3v) is 4.23. The van der Waals surface area contributed by atoms with Gasteiger partial charge in [-0.3, -0.25) is 0 Å². The van der Waals surface area contributed by atoms with Gasteiger partial charge in [-0.25, -0.2) is 0 Å². The molecule has 0 bridgehead atoms. The standard InChI is InChI=1S/C13H19ClN2/c1-3-13(4-2)8-16(9-13)10-5-6-12(15)11(14)7-10/h5-7H,3-4,8-9,15H2,1-2H3. The van der Waals surface area contributed by atoms with Gasteiger partial charge in [0.05, 0.1) is 10.7 Å². The fourth-order valence-corrected chi connectivity index (χ4v) is 2.53. The first-order valence-electron chi connectivity index (χ1n) is 5.90. The van der Waals surface area contributed by atoms with E-state index in [-0.39, 0.29) is 0 Å². The van der Waals surface area contributed by atoms with Crippen LogP contribution in [-0.4, -0.2) is 13.1 Å². The Balaban J connectivity index is 2.09. The molecule has 0 amide bonds. The average Bonchev–Trinajstić information content (AvgIpc) is 2.23. The Morgan fingerprint density at radius 3 is 2.44 bits per heavy atom. The summed E-state index contributed by atoms with van der Waals surface area (Å²) in [6.45, 7) is 6.83. The van der Waals surface area contributed by atoms with Crippen molar-refractivity contribution in [1.29, 1.82) is 0 Å². The van der Waals surface area contributed by atoms with Gasteiger partial charge >= 0.3 is 0 Å². The SMILES string of the molecule is CCC1(CC)CN(c2ccc(N)c(Cl)c2)C1. The molecule has 1 aliphatic heterocycles. The number of nitrogens with zero attached hydrogens (tertiary/aromatic N) is 1. The second kappa shape index (κ2) is 4.17. The van der Waals surface area contributed by atoms with Crippen LogP contribution < -0.4 is 10.6 Å². The third-order valence-electron chi connectivity index (χ3n) is 3.90.